The van der Waals surface area contributed by atoms with Crippen LogP contribution in [0.3, 0.4) is 0 Å². The molecule has 4 nitrogen and oxygen atoms in total. The highest BCUT2D eigenvalue weighted by atomic mass is 35.5. The molecule has 90 valence electrons. The van der Waals surface area contributed by atoms with Crippen LogP contribution in [0.4, 0.5) is 0 Å². The summed E-state index contributed by atoms with van der Waals surface area (Å²) in [5, 5.41) is 4.48. The van der Waals surface area contributed by atoms with E-state index >= 15 is 0 Å². The average Bonchev–Trinajstić information content (AvgIpc) is 2.61. The molecule has 0 amide bonds. The smallest absolute Gasteiger partial charge is 0.155 e. The SMILES string of the molecule is C.CC(=O)Cc1cn(-c2cccnc2)nc1Cl. The van der Waals surface area contributed by atoms with Crippen molar-refractivity contribution in [3.05, 3.63) is 41.4 Å². The van der Waals surface area contributed by atoms with Crippen LogP contribution in [0.25, 0.3) is 5.69 Å². The largest absolute Gasteiger partial charge is 0.300 e. The van der Waals surface area contributed by atoms with Gasteiger partial charge in [0.2, 0.25) is 0 Å². The number of nitrogens with zero attached hydrogens (tertiary/aromatic N) is 3. The molecule has 0 aliphatic heterocycles. The fraction of sp³-hybridized carbons (Fsp3) is 0.250. The van der Waals surface area contributed by atoms with Crippen LogP contribution in [-0.4, -0.2) is 20.5 Å². The normalized spacial score (nSPS) is 9.76. The van der Waals surface area contributed by atoms with Crippen LogP contribution < -0.4 is 0 Å². The molecule has 2 aromatic heterocycles. The van der Waals surface area contributed by atoms with Gasteiger partial charge in [-0.1, -0.05) is 19.0 Å². The molecule has 0 spiro atoms. The van der Waals surface area contributed by atoms with E-state index in [4.69, 9.17) is 11.6 Å². The maximum Gasteiger partial charge on any atom is 0.155 e. The summed E-state index contributed by atoms with van der Waals surface area (Å²) < 4.78 is 1.62. The molecule has 0 aliphatic rings. The average molecular weight is 252 g/mol. The Kier molecular flexibility index (Phi) is 4.40. The number of rotatable bonds is 3. The molecule has 0 aliphatic carbocycles. The fourth-order valence-electron chi connectivity index (χ4n) is 1.40. The lowest BCUT2D eigenvalue weighted by molar-refractivity contribution is -0.116. The Balaban J connectivity index is 0.00000144. The van der Waals surface area contributed by atoms with Gasteiger partial charge in [0.25, 0.3) is 0 Å². The molecule has 0 fully saturated rings. The van der Waals surface area contributed by atoms with Crippen molar-refractivity contribution in [2.75, 3.05) is 0 Å². The second-order valence-electron chi connectivity index (χ2n) is 3.48. The molecular formula is C12H14ClN3O. The van der Waals surface area contributed by atoms with E-state index in [-0.39, 0.29) is 13.2 Å². The summed E-state index contributed by atoms with van der Waals surface area (Å²) in [6.45, 7) is 1.53. The highest BCUT2D eigenvalue weighted by molar-refractivity contribution is 6.30. The number of aromatic nitrogens is 3. The molecule has 17 heavy (non-hydrogen) atoms. The molecule has 0 N–H and O–H groups in total. The first-order chi connectivity index (χ1) is 7.66. The quantitative estimate of drug-likeness (QED) is 0.843. The van der Waals surface area contributed by atoms with Crippen LogP contribution in [0.1, 0.15) is 19.9 Å². The lowest BCUT2D eigenvalue weighted by atomic mass is 10.2. The zero-order valence-corrected chi connectivity index (χ0v) is 9.48. The Morgan fingerprint density at radius 2 is 2.29 bits per heavy atom. The molecule has 2 rings (SSSR count). The molecule has 0 unspecified atom stereocenters. The monoisotopic (exact) mass is 251 g/mol. The molecular weight excluding hydrogens is 238 g/mol. The Morgan fingerprint density at radius 1 is 1.53 bits per heavy atom. The van der Waals surface area contributed by atoms with Crippen LogP contribution in [-0.2, 0) is 11.2 Å². The molecule has 2 aromatic rings. The van der Waals surface area contributed by atoms with Crippen molar-refractivity contribution in [1.29, 1.82) is 0 Å². The minimum atomic E-state index is 0. The summed E-state index contributed by atoms with van der Waals surface area (Å²) in [4.78, 5) is 15.0. The van der Waals surface area contributed by atoms with E-state index in [2.05, 4.69) is 10.1 Å². The highest BCUT2D eigenvalue weighted by Gasteiger charge is 2.09. The highest BCUT2D eigenvalue weighted by Crippen LogP contribution is 2.16. The fourth-order valence-corrected chi connectivity index (χ4v) is 1.59. The summed E-state index contributed by atoms with van der Waals surface area (Å²) in [5.41, 5.74) is 1.55. The molecule has 0 atom stereocenters. The van der Waals surface area contributed by atoms with Crippen molar-refractivity contribution in [3.63, 3.8) is 0 Å². The summed E-state index contributed by atoms with van der Waals surface area (Å²) >= 11 is 5.93. The topological polar surface area (TPSA) is 47.8 Å². The maximum absolute atomic E-state index is 11.0. The molecule has 0 saturated heterocycles. The molecule has 0 radical (unpaired) electrons. The molecule has 0 saturated carbocycles. The summed E-state index contributed by atoms with van der Waals surface area (Å²) in [7, 11) is 0. The van der Waals surface area contributed by atoms with Gasteiger partial charge >= 0.3 is 0 Å². The van der Waals surface area contributed by atoms with Gasteiger partial charge < -0.3 is 0 Å². The van der Waals surface area contributed by atoms with Gasteiger partial charge in [-0.25, -0.2) is 4.68 Å². The van der Waals surface area contributed by atoms with Crippen LogP contribution in [0, 0.1) is 0 Å². The Hall–Kier alpha value is -1.68. The molecule has 5 heteroatoms. The second-order valence-corrected chi connectivity index (χ2v) is 3.84. The van der Waals surface area contributed by atoms with E-state index in [1.54, 1.807) is 23.3 Å². The summed E-state index contributed by atoms with van der Waals surface area (Å²) in [6, 6.07) is 3.68. The van der Waals surface area contributed by atoms with Gasteiger partial charge in [-0.05, 0) is 19.1 Å². The standard InChI is InChI=1S/C11H10ClN3O.CH4/c1-8(16)5-9-7-15(14-11(9)12)10-3-2-4-13-6-10;/h2-4,6-7H,5H2,1H3;1H4. The van der Waals surface area contributed by atoms with Gasteiger partial charge in [0, 0.05) is 24.4 Å². The van der Waals surface area contributed by atoms with Crippen molar-refractivity contribution in [1.82, 2.24) is 14.8 Å². The van der Waals surface area contributed by atoms with Crippen LogP contribution in [0.2, 0.25) is 5.15 Å². The molecule has 0 bridgehead atoms. The van der Waals surface area contributed by atoms with E-state index < -0.39 is 0 Å². The van der Waals surface area contributed by atoms with Crippen molar-refractivity contribution < 1.29 is 4.79 Å². The summed E-state index contributed by atoms with van der Waals surface area (Å²) in [6.07, 6.45) is 5.42. The van der Waals surface area contributed by atoms with Gasteiger partial charge in [0.15, 0.2) is 5.15 Å². The Labute approximate surface area is 105 Å². The van der Waals surface area contributed by atoms with Crippen molar-refractivity contribution in [2.24, 2.45) is 0 Å². The molecule has 2 heterocycles. The number of ketones is 1. The summed E-state index contributed by atoms with van der Waals surface area (Å²) in [5.74, 6) is 0.0626. The first-order valence-electron chi connectivity index (χ1n) is 4.80. The number of hydrogen-bond acceptors (Lipinski definition) is 3. The Bertz CT molecular complexity index is 508. The maximum atomic E-state index is 11.0. The van der Waals surface area contributed by atoms with Gasteiger partial charge in [-0.15, -0.1) is 0 Å². The van der Waals surface area contributed by atoms with Crippen molar-refractivity contribution >= 4 is 17.4 Å². The van der Waals surface area contributed by atoms with Gasteiger partial charge in [-0.3, -0.25) is 9.78 Å². The van der Waals surface area contributed by atoms with E-state index in [9.17, 15) is 4.79 Å². The molecule has 0 aromatic carbocycles. The lowest BCUT2D eigenvalue weighted by Crippen LogP contribution is -1.96. The number of hydrogen-bond donors (Lipinski definition) is 0. The van der Waals surface area contributed by atoms with Gasteiger partial charge in [-0.2, -0.15) is 5.10 Å². The predicted molar refractivity (Wildman–Crippen MR) is 67.5 cm³/mol. The predicted octanol–water partition coefficient (Wildman–Crippen LogP) is 2.69. The van der Waals surface area contributed by atoms with Crippen molar-refractivity contribution in [2.45, 2.75) is 20.8 Å². The number of halogens is 1. The minimum absolute atomic E-state index is 0. The Morgan fingerprint density at radius 3 is 2.88 bits per heavy atom. The number of carbonyl (C=O) groups excluding carboxylic acids is 1. The number of pyridine rings is 1. The van der Waals surface area contributed by atoms with Gasteiger partial charge in [0.05, 0.1) is 11.9 Å². The number of Topliss-reactive ketones (excluding diaryl/α,β-unsaturated/α-hetero) is 1. The van der Waals surface area contributed by atoms with Crippen LogP contribution >= 0.6 is 11.6 Å². The third kappa shape index (κ3) is 3.14. The van der Waals surface area contributed by atoms with Gasteiger partial charge in [0.1, 0.15) is 5.78 Å². The van der Waals surface area contributed by atoms with E-state index in [0.717, 1.165) is 11.3 Å². The van der Waals surface area contributed by atoms with E-state index in [1.807, 2.05) is 12.1 Å². The van der Waals surface area contributed by atoms with Crippen molar-refractivity contribution in [3.8, 4) is 5.69 Å². The van der Waals surface area contributed by atoms with Crippen LogP contribution in [0.15, 0.2) is 30.7 Å². The minimum Gasteiger partial charge on any atom is -0.300 e. The van der Waals surface area contributed by atoms with E-state index in [0.29, 0.717) is 11.6 Å². The van der Waals surface area contributed by atoms with E-state index in [1.165, 1.54) is 6.92 Å². The first kappa shape index (κ1) is 13.4. The first-order valence-corrected chi connectivity index (χ1v) is 5.18. The third-order valence-corrected chi connectivity index (χ3v) is 2.41. The zero-order valence-electron chi connectivity index (χ0n) is 8.72. The third-order valence-electron chi connectivity index (χ3n) is 2.09. The zero-order chi connectivity index (χ0) is 11.5. The lowest BCUT2D eigenvalue weighted by Gasteiger charge is -1.97. The number of carbonyl (C=O) groups is 1. The second kappa shape index (κ2) is 5.59. The van der Waals surface area contributed by atoms with Crippen LogP contribution in [0.5, 0.6) is 0 Å².